The summed E-state index contributed by atoms with van der Waals surface area (Å²) in [6, 6.07) is 9.93. The number of fused-ring (bicyclic) bond motifs is 3. The van der Waals surface area contributed by atoms with Gasteiger partial charge in [-0.05, 0) is 57.2 Å². The van der Waals surface area contributed by atoms with Gasteiger partial charge in [-0.15, -0.1) is 0 Å². The molecule has 2 amide bonds. The van der Waals surface area contributed by atoms with E-state index in [2.05, 4.69) is 44.8 Å². The zero-order valence-corrected chi connectivity index (χ0v) is 24.3. The van der Waals surface area contributed by atoms with Gasteiger partial charge < -0.3 is 25.4 Å². The number of anilines is 1. The highest BCUT2D eigenvalue weighted by atomic mass is 16.6. The molecule has 1 aromatic heterocycles. The number of hydrogen-bond donors (Lipinski definition) is 3. The van der Waals surface area contributed by atoms with Crippen LogP contribution in [0.1, 0.15) is 74.5 Å². The number of benzene rings is 1. The van der Waals surface area contributed by atoms with E-state index in [1.807, 2.05) is 26.8 Å². The number of nitrogens with two attached hydrogens (primary N) is 1. The molecular formula is C31H42N6O4. The first kappa shape index (κ1) is 27.9. The Kier molecular flexibility index (Phi) is 7.65. The second kappa shape index (κ2) is 11.2. The molecule has 5 aliphatic rings. The Hall–Kier alpha value is -3.21. The van der Waals surface area contributed by atoms with Crippen LogP contribution >= 0.6 is 0 Å². The van der Waals surface area contributed by atoms with E-state index in [0.717, 1.165) is 49.3 Å². The van der Waals surface area contributed by atoms with Gasteiger partial charge in [0.1, 0.15) is 11.6 Å². The number of likely N-dealkylation sites (tertiary alicyclic amines) is 1. The topological polar surface area (TPSA) is 122 Å². The highest BCUT2D eigenvalue weighted by Crippen LogP contribution is 2.36. The molecule has 6 heterocycles. The van der Waals surface area contributed by atoms with E-state index < -0.39 is 17.6 Å². The molecule has 4 unspecified atom stereocenters. The van der Waals surface area contributed by atoms with Crippen molar-refractivity contribution in [1.29, 1.82) is 0 Å². The molecule has 10 heteroatoms. The first-order valence-corrected chi connectivity index (χ1v) is 14.9. The molecule has 5 atom stereocenters. The van der Waals surface area contributed by atoms with Crippen LogP contribution in [0.15, 0.2) is 36.5 Å². The third kappa shape index (κ3) is 6.34. The molecular weight excluding hydrogens is 520 g/mol. The molecule has 0 aliphatic carbocycles. The maximum atomic E-state index is 12.7. The molecule has 10 nitrogen and oxygen atoms in total. The lowest BCUT2D eigenvalue weighted by Crippen LogP contribution is -2.56. The second-order valence-corrected chi connectivity index (χ2v) is 12.9. The summed E-state index contributed by atoms with van der Waals surface area (Å²) >= 11 is 0. The SMILES string of the molecule is CC(C)(C)OC(=O)N1CCC[C@H](Nc2ccnc3c2CC(c2ccc(CN4CC5CC(C4)O5)cc2)NC3C(N)=O)C1. The number of rotatable bonds is 6. The fraction of sp³-hybridized carbons (Fsp3) is 0.581. The fourth-order valence-corrected chi connectivity index (χ4v) is 6.57. The number of ether oxygens (including phenoxy) is 2. The van der Waals surface area contributed by atoms with Gasteiger partial charge in [0.15, 0.2) is 0 Å². The number of carbonyl (C=O) groups excluding carboxylic acids is 2. The lowest BCUT2D eigenvalue weighted by Gasteiger charge is -2.47. The fourth-order valence-electron chi connectivity index (χ4n) is 6.57. The van der Waals surface area contributed by atoms with Gasteiger partial charge in [-0.2, -0.15) is 0 Å². The number of nitrogens with one attached hydrogen (secondary N) is 2. The van der Waals surface area contributed by atoms with Gasteiger partial charge in [-0.1, -0.05) is 24.3 Å². The molecule has 4 fully saturated rings. The molecule has 0 saturated carbocycles. The van der Waals surface area contributed by atoms with E-state index in [1.54, 1.807) is 11.1 Å². The van der Waals surface area contributed by atoms with E-state index >= 15 is 0 Å². The van der Waals surface area contributed by atoms with Gasteiger partial charge >= 0.3 is 6.09 Å². The van der Waals surface area contributed by atoms with Crippen molar-refractivity contribution in [3.8, 4) is 0 Å². The summed E-state index contributed by atoms with van der Waals surface area (Å²) in [6.07, 6.45) is 5.92. The predicted molar refractivity (Wildman–Crippen MR) is 155 cm³/mol. The second-order valence-electron chi connectivity index (χ2n) is 12.9. The number of aromatic nitrogens is 1. The summed E-state index contributed by atoms with van der Waals surface area (Å²) in [6.45, 7) is 9.80. The van der Waals surface area contributed by atoms with Gasteiger partial charge in [-0.3, -0.25) is 20.0 Å². The zero-order valence-electron chi connectivity index (χ0n) is 24.3. The maximum Gasteiger partial charge on any atom is 0.410 e. The minimum absolute atomic E-state index is 0.0636. The number of morpholine rings is 1. The molecule has 4 saturated heterocycles. The van der Waals surface area contributed by atoms with E-state index in [1.165, 1.54) is 12.0 Å². The van der Waals surface area contributed by atoms with Gasteiger partial charge in [0.25, 0.3) is 0 Å². The van der Waals surface area contributed by atoms with Crippen LogP contribution in [-0.4, -0.2) is 76.8 Å². The summed E-state index contributed by atoms with van der Waals surface area (Å²) in [5, 5.41) is 7.12. The lowest BCUT2D eigenvalue weighted by molar-refractivity contribution is -0.182. The van der Waals surface area contributed by atoms with Gasteiger partial charge in [0.2, 0.25) is 5.91 Å². The standard InChI is InChI=1S/C31H42N6O4/c1-31(2,3)41-30(39)37-12-4-5-21(16-37)34-25-10-11-33-27-24(25)14-26(35-28(27)29(32)38)20-8-6-19(7-9-20)15-36-17-22-13-23(18-36)40-22/h6-11,21-23,26,28,35H,4-5,12-18H2,1-3H3,(H2,32,38)(H,33,34)/t21-,22?,23?,26?,28?/m0/s1. The van der Waals surface area contributed by atoms with Crippen LogP contribution in [0.5, 0.6) is 0 Å². The summed E-state index contributed by atoms with van der Waals surface area (Å²) < 4.78 is 11.4. The zero-order chi connectivity index (χ0) is 28.7. The van der Waals surface area contributed by atoms with Crippen molar-refractivity contribution < 1.29 is 19.1 Å². The Morgan fingerprint density at radius 3 is 2.56 bits per heavy atom. The third-order valence-corrected chi connectivity index (χ3v) is 8.48. The number of amides is 2. The van der Waals surface area contributed by atoms with Crippen LogP contribution in [0.2, 0.25) is 0 Å². The van der Waals surface area contributed by atoms with Crippen molar-refractivity contribution in [1.82, 2.24) is 20.1 Å². The Morgan fingerprint density at radius 1 is 1.15 bits per heavy atom. The monoisotopic (exact) mass is 562 g/mol. The molecule has 7 rings (SSSR count). The van der Waals surface area contributed by atoms with Crippen molar-refractivity contribution in [2.45, 2.75) is 88.9 Å². The van der Waals surface area contributed by atoms with Crippen LogP contribution < -0.4 is 16.4 Å². The van der Waals surface area contributed by atoms with E-state index in [-0.39, 0.29) is 18.2 Å². The lowest BCUT2D eigenvalue weighted by atomic mass is 9.88. The van der Waals surface area contributed by atoms with Crippen LogP contribution in [0.3, 0.4) is 0 Å². The van der Waals surface area contributed by atoms with Crippen LogP contribution in [0.25, 0.3) is 0 Å². The Morgan fingerprint density at radius 2 is 1.88 bits per heavy atom. The molecule has 1 aromatic carbocycles. The van der Waals surface area contributed by atoms with Crippen LogP contribution in [-0.2, 0) is 27.2 Å². The van der Waals surface area contributed by atoms with Gasteiger partial charge in [-0.25, -0.2) is 4.79 Å². The van der Waals surface area contributed by atoms with Crippen LogP contribution in [0.4, 0.5) is 10.5 Å². The molecule has 2 aromatic rings. The summed E-state index contributed by atoms with van der Waals surface area (Å²) in [4.78, 5) is 34.1. The van der Waals surface area contributed by atoms with Crippen molar-refractivity contribution in [2.75, 3.05) is 31.5 Å². The van der Waals surface area contributed by atoms with E-state index in [9.17, 15) is 9.59 Å². The minimum atomic E-state index is -0.685. The summed E-state index contributed by atoms with van der Waals surface area (Å²) in [7, 11) is 0. The minimum Gasteiger partial charge on any atom is -0.444 e. The Balaban J connectivity index is 1.16. The molecule has 41 heavy (non-hydrogen) atoms. The highest BCUT2D eigenvalue weighted by molar-refractivity contribution is 5.82. The third-order valence-electron chi connectivity index (χ3n) is 8.48. The number of nitrogens with zero attached hydrogens (tertiary/aromatic N) is 3. The average Bonchev–Trinajstić information content (AvgIpc) is 2.92. The van der Waals surface area contributed by atoms with Crippen molar-refractivity contribution in [3.63, 3.8) is 0 Å². The number of piperidine rings is 2. The first-order valence-electron chi connectivity index (χ1n) is 14.9. The van der Waals surface area contributed by atoms with Crippen LogP contribution in [0, 0.1) is 0 Å². The molecule has 220 valence electrons. The number of hydrogen-bond acceptors (Lipinski definition) is 8. The van der Waals surface area contributed by atoms with Crippen molar-refractivity contribution >= 4 is 17.7 Å². The number of carbonyl (C=O) groups is 2. The first-order chi connectivity index (χ1) is 19.6. The van der Waals surface area contributed by atoms with Crippen molar-refractivity contribution in [2.24, 2.45) is 5.73 Å². The number of pyridine rings is 1. The maximum absolute atomic E-state index is 12.7. The van der Waals surface area contributed by atoms with E-state index in [4.69, 9.17) is 15.2 Å². The van der Waals surface area contributed by atoms with Gasteiger partial charge in [0.05, 0.1) is 17.9 Å². The Bertz CT molecular complexity index is 1260. The summed E-state index contributed by atoms with van der Waals surface area (Å²) in [5.74, 6) is -0.447. The quantitative estimate of drug-likeness (QED) is 0.491. The molecule has 2 bridgehead atoms. The molecule has 0 spiro atoms. The average molecular weight is 563 g/mol. The summed E-state index contributed by atoms with van der Waals surface area (Å²) in [5.41, 5.74) is 10.3. The largest absolute Gasteiger partial charge is 0.444 e. The molecule has 4 N–H and O–H groups in total. The molecule has 0 radical (unpaired) electrons. The smallest absolute Gasteiger partial charge is 0.410 e. The normalized spacial score (nSPS) is 27.9. The highest BCUT2D eigenvalue weighted by Gasteiger charge is 2.38. The van der Waals surface area contributed by atoms with E-state index in [0.29, 0.717) is 37.4 Å². The van der Waals surface area contributed by atoms with Crippen molar-refractivity contribution in [3.05, 3.63) is 58.9 Å². The Labute approximate surface area is 241 Å². The van der Waals surface area contributed by atoms with Gasteiger partial charge in [0, 0.05) is 68.7 Å². The number of primary amides is 1. The predicted octanol–water partition coefficient (Wildman–Crippen LogP) is 3.28. The molecule has 5 aliphatic heterocycles.